The number of aromatic amines is 2. The Balaban J connectivity index is 2.75. The van der Waals surface area contributed by atoms with Crippen molar-refractivity contribution < 1.29 is 19.5 Å². The van der Waals surface area contributed by atoms with Crippen molar-refractivity contribution in [2.24, 2.45) is 5.73 Å². The first-order valence-corrected chi connectivity index (χ1v) is 5.41. The molecule has 0 saturated heterocycles. The summed E-state index contributed by atoms with van der Waals surface area (Å²) in [7, 11) is 0. The van der Waals surface area contributed by atoms with Gasteiger partial charge < -0.3 is 21.1 Å². The molecule has 0 spiro atoms. The van der Waals surface area contributed by atoms with Crippen LogP contribution >= 0.6 is 0 Å². The van der Waals surface area contributed by atoms with Crippen molar-refractivity contribution in [3.8, 4) is 0 Å². The Morgan fingerprint density at radius 3 is 2.45 bits per heavy atom. The number of aromatic nitrogens is 2. The predicted molar refractivity (Wildman–Crippen MR) is 64.8 cm³/mol. The van der Waals surface area contributed by atoms with Gasteiger partial charge in [0.1, 0.15) is 6.04 Å². The zero-order valence-electron chi connectivity index (χ0n) is 10.1. The Labute approximate surface area is 111 Å². The number of hydrogen-bond acceptors (Lipinski definition) is 5. The number of hydrogen-bond donors (Lipinski definition) is 5. The molecule has 10 nitrogen and oxygen atoms in total. The maximum Gasteiger partial charge on any atom is 0.326 e. The molecule has 1 heterocycles. The first kappa shape index (κ1) is 15.1. The monoisotopic (exact) mass is 284 g/mol. The SMILES string of the molecule is NC(=O)C[C@@H](NC(=O)Cc1cc(=O)[nH]c(=O)[nH]1)C(=O)O. The number of H-pyrrole nitrogens is 2. The van der Waals surface area contributed by atoms with Crippen molar-refractivity contribution >= 4 is 17.8 Å². The topological polar surface area (TPSA) is 175 Å². The molecule has 0 aliphatic carbocycles. The van der Waals surface area contributed by atoms with E-state index in [0.717, 1.165) is 6.07 Å². The highest BCUT2D eigenvalue weighted by molar-refractivity contribution is 5.88. The molecule has 0 aliphatic rings. The third kappa shape index (κ3) is 4.76. The fraction of sp³-hybridized carbons (Fsp3) is 0.300. The molecule has 10 heteroatoms. The van der Waals surface area contributed by atoms with E-state index in [2.05, 4.69) is 10.3 Å². The lowest BCUT2D eigenvalue weighted by molar-refractivity contribution is -0.143. The molecule has 1 rings (SSSR count). The number of amides is 2. The summed E-state index contributed by atoms with van der Waals surface area (Å²) in [5.41, 5.74) is 3.39. The highest BCUT2D eigenvalue weighted by Crippen LogP contribution is 1.94. The van der Waals surface area contributed by atoms with E-state index < -0.39 is 47.9 Å². The van der Waals surface area contributed by atoms with Gasteiger partial charge in [0.15, 0.2) is 0 Å². The Kier molecular flexibility index (Phi) is 4.78. The van der Waals surface area contributed by atoms with Crippen LogP contribution in [0.1, 0.15) is 12.1 Å². The van der Waals surface area contributed by atoms with Gasteiger partial charge in [0, 0.05) is 11.8 Å². The van der Waals surface area contributed by atoms with Crippen LogP contribution < -0.4 is 22.3 Å². The van der Waals surface area contributed by atoms with Crippen LogP contribution in [0.2, 0.25) is 0 Å². The normalized spacial score (nSPS) is 11.6. The molecule has 0 bridgehead atoms. The Morgan fingerprint density at radius 1 is 1.30 bits per heavy atom. The Morgan fingerprint density at radius 2 is 1.95 bits per heavy atom. The van der Waals surface area contributed by atoms with Crippen molar-refractivity contribution in [2.75, 3.05) is 0 Å². The van der Waals surface area contributed by atoms with Crippen LogP contribution in [0.25, 0.3) is 0 Å². The van der Waals surface area contributed by atoms with Gasteiger partial charge in [0.05, 0.1) is 12.8 Å². The number of carboxylic acids is 1. The summed E-state index contributed by atoms with van der Waals surface area (Å²) in [6.07, 6.45) is -0.978. The summed E-state index contributed by atoms with van der Waals surface area (Å²) < 4.78 is 0. The van der Waals surface area contributed by atoms with Gasteiger partial charge in [0.2, 0.25) is 11.8 Å². The number of nitrogens with two attached hydrogens (primary N) is 1. The molecule has 0 fully saturated rings. The summed E-state index contributed by atoms with van der Waals surface area (Å²) >= 11 is 0. The van der Waals surface area contributed by atoms with Gasteiger partial charge in [0.25, 0.3) is 5.56 Å². The maximum absolute atomic E-state index is 11.6. The lowest BCUT2D eigenvalue weighted by Crippen LogP contribution is -2.44. The van der Waals surface area contributed by atoms with E-state index in [9.17, 15) is 24.0 Å². The molecular weight excluding hydrogens is 272 g/mol. The van der Waals surface area contributed by atoms with Gasteiger partial charge in [-0.3, -0.25) is 19.4 Å². The molecule has 1 atom stereocenters. The first-order chi connectivity index (χ1) is 9.27. The lowest BCUT2D eigenvalue weighted by Gasteiger charge is -2.12. The molecule has 1 aromatic heterocycles. The zero-order chi connectivity index (χ0) is 15.3. The van der Waals surface area contributed by atoms with Gasteiger partial charge in [-0.25, -0.2) is 9.59 Å². The van der Waals surface area contributed by atoms with Crippen molar-refractivity contribution in [1.82, 2.24) is 15.3 Å². The summed E-state index contributed by atoms with van der Waals surface area (Å²) in [5.74, 6) is -3.08. The first-order valence-electron chi connectivity index (χ1n) is 5.41. The van der Waals surface area contributed by atoms with E-state index in [1.54, 1.807) is 0 Å². The molecular formula is C10H12N4O6. The summed E-state index contributed by atoms with van der Waals surface area (Å²) in [4.78, 5) is 59.1. The number of carbonyl (C=O) groups excluding carboxylic acids is 2. The van der Waals surface area contributed by atoms with E-state index >= 15 is 0 Å². The molecule has 2 amide bonds. The molecule has 20 heavy (non-hydrogen) atoms. The van der Waals surface area contributed by atoms with Crippen LogP contribution in [-0.4, -0.2) is 38.9 Å². The van der Waals surface area contributed by atoms with Crippen LogP contribution in [-0.2, 0) is 20.8 Å². The van der Waals surface area contributed by atoms with Crippen LogP contribution in [0.15, 0.2) is 15.7 Å². The number of carboxylic acid groups (broad SMARTS) is 1. The molecule has 108 valence electrons. The van der Waals surface area contributed by atoms with Crippen LogP contribution in [0, 0.1) is 0 Å². The Bertz CT molecular complexity index is 617. The summed E-state index contributed by atoms with van der Waals surface area (Å²) in [6.45, 7) is 0. The molecule has 0 unspecified atom stereocenters. The molecule has 6 N–H and O–H groups in total. The van der Waals surface area contributed by atoms with Gasteiger partial charge >= 0.3 is 11.7 Å². The lowest BCUT2D eigenvalue weighted by atomic mass is 10.2. The fourth-order valence-electron chi connectivity index (χ4n) is 1.43. The van der Waals surface area contributed by atoms with Crippen LogP contribution in [0.5, 0.6) is 0 Å². The highest BCUT2D eigenvalue weighted by Gasteiger charge is 2.22. The van der Waals surface area contributed by atoms with Gasteiger partial charge in [-0.2, -0.15) is 0 Å². The van der Waals surface area contributed by atoms with Crippen molar-refractivity contribution in [1.29, 1.82) is 0 Å². The van der Waals surface area contributed by atoms with Crippen LogP contribution in [0.4, 0.5) is 0 Å². The standard InChI is InChI=1S/C10H12N4O6/c11-6(15)3-5(9(18)19)13-7(16)1-4-2-8(17)14-10(20)12-4/h2,5H,1,3H2,(H2,11,15)(H,13,16)(H,18,19)(H2,12,14,17,20)/t5-/m1/s1. The highest BCUT2D eigenvalue weighted by atomic mass is 16.4. The predicted octanol–water partition coefficient (Wildman–Crippen LogP) is -2.95. The minimum atomic E-state index is -1.46. The average molecular weight is 284 g/mol. The second-order valence-electron chi connectivity index (χ2n) is 3.92. The van der Waals surface area contributed by atoms with E-state index in [1.165, 1.54) is 0 Å². The van der Waals surface area contributed by atoms with Crippen molar-refractivity contribution in [2.45, 2.75) is 18.9 Å². The number of aliphatic carboxylic acids is 1. The average Bonchev–Trinajstić information content (AvgIpc) is 2.25. The molecule has 0 aromatic carbocycles. The number of carbonyl (C=O) groups is 3. The molecule has 0 radical (unpaired) electrons. The van der Waals surface area contributed by atoms with Crippen molar-refractivity contribution in [3.63, 3.8) is 0 Å². The van der Waals surface area contributed by atoms with Gasteiger partial charge in [-0.05, 0) is 0 Å². The maximum atomic E-state index is 11.6. The van der Waals surface area contributed by atoms with Gasteiger partial charge in [-0.1, -0.05) is 0 Å². The van der Waals surface area contributed by atoms with Crippen LogP contribution in [0.3, 0.4) is 0 Å². The van der Waals surface area contributed by atoms with E-state index in [4.69, 9.17) is 10.8 Å². The zero-order valence-corrected chi connectivity index (χ0v) is 10.1. The fourth-order valence-corrected chi connectivity index (χ4v) is 1.43. The van der Waals surface area contributed by atoms with E-state index in [-0.39, 0.29) is 5.69 Å². The van der Waals surface area contributed by atoms with Crippen molar-refractivity contribution in [3.05, 3.63) is 32.6 Å². The minimum absolute atomic E-state index is 0.0134. The summed E-state index contributed by atoms with van der Waals surface area (Å²) in [6, 6.07) is -0.473. The number of rotatable bonds is 6. The Hall–Kier alpha value is -2.91. The third-order valence-corrected chi connectivity index (χ3v) is 2.21. The smallest absolute Gasteiger partial charge is 0.326 e. The van der Waals surface area contributed by atoms with E-state index in [1.807, 2.05) is 4.98 Å². The second-order valence-corrected chi connectivity index (χ2v) is 3.92. The summed E-state index contributed by atoms with van der Waals surface area (Å²) in [5, 5.41) is 10.9. The largest absolute Gasteiger partial charge is 0.480 e. The minimum Gasteiger partial charge on any atom is -0.480 e. The molecule has 0 saturated carbocycles. The van der Waals surface area contributed by atoms with Gasteiger partial charge in [-0.15, -0.1) is 0 Å². The third-order valence-electron chi connectivity index (χ3n) is 2.21. The number of primary amides is 1. The molecule has 0 aliphatic heterocycles. The van der Waals surface area contributed by atoms with E-state index in [0.29, 0.717) is 0 Å². The second kappa shape index (κ2) is 6.31. The number of nitrogens with one attached hydrogen (secondary N) is 3. The quantitative estimate of drug-likeness (QED) is 0.373. The molecule has 1 aromatic rings.